The van der Waals surface area contributed by atoms with Crippen LogP contribution in [0, 0.1) is 5.92 Å². The topological polar surface area (TPSA) is 68.2 Å². The summed E-state index contributed by atoms with van der Waals surface area (Å²) in [5, 5.41) is 7.90. The molecule has 1 aliphatic heterocycles. The van der Waals surface area contributed by atoms with Crippen LogP contribution in [-0.2, 0) is 11.3 Å². The highest BCUT2D eigenvalue weighted by Gasteiger charge is 2.37. The molecule has 1 aliphatic carbocycles. The molecule has 2 aliphatic rings. The number of carbonyl (C=O) groups excluding carboxylic acids is 1. The van der Waals surface area contributed by atoms with Gasteiger partial charge in [-0.2, -0.15) is 5.10 Å². The van der Waals surface area contributed by atoms with Crippen LogP contribution in [0.2, 0.25) is 0 Å². The monoisotopic (exact) mass is 320 g/mol. The second-order valence-electron chi connectivity index (χ2n) is 5.68. The van der Waals surface area contributed by atoms with Crippen molar-refractivity contribution in [3.8, 4) is 0 Å². The zero-order valence-corrected chi connectivity index (χ0v) is 13.4. The van der Waals surface area contributed by atoms with E-state index >= 15 is 0 Å². The minimum Gasteiger partial charge on any atom is -0.370 e. The average Bonchev–Trinajstić information content (AvgIpc) is 3.23. The third kappa shape index (κ3) is 3.36. The molecule has 1 fully saturated rings. The standard InChI is InChI=1S/C15H20N4O2S/c1-9(2)10(3)16-15(20)18-22-13-8-12-14(11-4-5-11)21-7-6-19(12)17-13/h8,11,14H,1,3-7H2,2H3,(H2,16,18,20). The van der Waals surface area contributed by atoms with E-state index in [2.05, 4.69) is 28.3 Å². The van der Waals surface area contributed by atoms with E-state index in [1.807, 2.05) is 10.7 Å². The number of nitrogens with zero attached hydrogens (tertiary/aromatic N) is 2. The zero-order chi connectivity index (χ0) is 15.7. The first-order chi connectivity index (χ1) is 10.5. The van der Waals surface area contributed by atoms with Gasteiger partial charge in [0.05, 0.1) is 18.8 Å². The van der Waals surface area contributed by atoms with Gasteiger partial charge in [-0.25, -0.2) is 4.79 Å². The van der Waals surface area contributed by atoms with E-state index < -0.39 is 0 Å². The van der Waals surface area contributed by atoms with E-state index in [1.165, 1.54) is 24.8 Å². The molecule has 22 heavy (non-hydrogen) atoms. The van der Waals surface area contributed by atoms with E-state index in [0.29, 0.717) is 18.2 Å². The fourth-order valence-electron chi connectivity index (χ4n) is 2.36. The highest BCUT2D eigenvalue weighted by Crippen LogP contribution is 2.44. The summed E-state index contributed by atoms with van der Waals surface area (Å²) in [6.07, 6.45) is 2.61. The highest BCUT2D eigenvalue weighted by molar-refractivity contribution is 7.97. The van der Waals surface area contributed by atoms with E-state index in [4.69, 9.17) is 4.74 Å². The van der Waals surface area contributed by atoms with E-state index in [0.717, 1.165) is 22.8 Å². The molecule has 0 saturated heterocycles. The highest BCUT2D eigenvalue weighted by atomic mass is 32.2. The molecule has 2 amide bonds. The second-order valence-corrected chi connectivity index (χ2v) is 6.50. The Bertz CT molecular complexity index is 621. The summed E-state index contributed by atoms with van der Waals surface area (Å²) < 4.78 is 10.5. The van der Waals surface area contributed by atoms with Crippen molar-refractivity contribution in [2.45, 2.75) is 37.4 Å². The number of hydrogen-bond donors (Lipinski definition) is 2. The first-order valence-corrected chi connectivity index (χ1v) is 8.14. The number of rotatable bonds is 5. The molecule has 2 N–H and O–H groups in total. The Morgan fingerprint density at radius 1 is 1.50 bits per heavy atom. The SMILES string of the molecule is C=C(C)C(=C)NC(=O)NSc1cc2n(n1)CCOC2C1CC1. The van der Waals surface area contributed by atoms with Crippen molar-refractivity contribution in [2.24, 2.45) is 5.92 Å². The molecule has 0 radical (unpaired) electrons. The van der Waals surface area contributed by atoms with Crippen molar-refractivity contribution in [2.75, 3.05) is 6.61 Å². The van der Waals surface area contributed by atoms with E-state index in [9.17, 15) is 4.79 Å². The Balaban J connectivity index is 1.58. The van der Waals surface area contributed by atoms with Gasteiger partial charge in [0.15, 0.2) is 0 Å². The number of urea groups is 1. The number of aromatic nitrogens is 2. The van der Waals surface area contributed by atoms with Crippen LogP contribution in [-0.4, -0.2) is 22.4 Å². The van der Waals surface area contributed by atoms with Crippen LogP contribution in [0.15, 0.2) is 35.5 Å². The molecular weight excluding hydrogens is 300 g/mol. The van der Waals surface area contributed by atoms with Crippen molar-refractivity contribution >= 4 is 18.0 Å². The largest absolute Gasteiger partial charge is 0.370 e. The van der Waals surface area contributed by atoms with Crippen molar-refractivity contribution in [3.63, 3.8) is 0 Å². The summed E-state index contributed by atoms with van der Waals surface area (Å²) in [5.41, 5.74) is 2.34. The molecular formula is C15H20N4O2S. The Morgan fingerprint density at radius 3 is 2.95 bits per heavy atom. The van der Waals surface area contributed by atoms with Gasteiger partial charge in [0, 0.05) is 17.6 Å². The van der Waals surface area contributed by atoms with Crippen LogP contribution < -0.4 is 10.0 Å². The van der Waals surface area contributed by atoms with Crippen LogP contribution in [0.4, 0.5) is 4.79 Å². The quantitative estimate of drug-likeness (QED) is 0.646. The smallest absolute Gasteiger partial charge is 0.329 e. The number of nitrogens with one attached hydrogen (secondary N) is 2. The first kappa shape index (κ1) is 15.2. The Morgan fingerprint density at radius 2 is 2.27 bits per heavy atom. The lowest BCUT2D eigenvalue weighted by molar-refractivity contribution is 0.00273. The lowest BCUT2D eigenvalue weighted by Crippen LogP contribution is -2.30. The minimum absolute atomic E-state index is 0.160. The van der Waals surface area contributed by atoms with Gasteiger partial charge in [-0.15, -0.1) is 0 Å². The number of hydrogen-bond acceptors (Lipinski definition) is 4. The number of carbonyl (C=O) groups is 1. The second kappa shape index (κ2) is 6.18. The molecule has 0 bridgehead atoms. The van der Waals surface area contributed by atoms with Crippen LogP contribution in [0.5, 0.6) is 0 Å². The van der Waals surface area contributed by atoms with Crippen LogP contribution in [0.25, 0.3) is 0 Å². The van der Waals surface area contributed by atoms with Gasteiger partial charge in [0.25, 0.3) is 0 Å². The fraction of sp³-hybridized carbons (Fsp3) is 0.467. The molecule has 7 heteroatoms. The first-order valence-electron chi connectivity index (χ1n) is 7.32. The van der Waals surface area contributed by atoms with Crippen LogP contribution >= 0.6 is 11.9 Å². The van der Waals surface area contributed by atoms with Gasteiger partial charge >= 0.3 is 6.03 Å². The summed E-state index contributed by atoms with van der Waals surface area (Å²) >= 11 is 1.19. The molecule has 1 saturated carbocycles. The molecule has 0 aromatic carbocycles. The third-order valence-corrected chi connectivity index (χ3v) is 4.45. The predicted molar refractivity (Wildman–Crippen MR) is 85.1 cm³/mol. The number of fused-ring (bicyclic) bond motifs is 1. The van der Waals surface area contributed by atoms with Crippen molar-refractivity contribution in [1.82, 2.24) is 19.8 Å². The average molecular weight is 320 g/mol. The third-order valence-electron chi connectivity index (χ3n) is 3.76. The number of allylic oxidation sites excluding steroid dienone is 1. The molecule has 1 aromatic heterocycles. The van der Waals surface area contributed by atoms with E-state index in [1.54, 1.807) is 6.92 Å². The number of ether oxygens (including phenoxy) is 1. The molecule has 3 rings (SSSR count). The maximum atomic E-state index is 11.8. The van der Waals surface area contributed by atoms with Gasteiger partial charge in [0.1, 0.15) is 11.1 Å². The summed E-state index contributed by atoms with van der Waals surface area (Å²) in [4.78, 5) is 11.8. The zero-order valence-electron chi connectivity index (χ0n) is 12.6. The van der Waals surface area contributed by atoms with Crippen molar-refractivity contribution in [3.05, 3.63) is 36.2 Å². The van der Waals surface area contributed by atoms with Gasteiger partial charge in [0.2, 0.25) is 0 Å². The maximum absolute atomic E-state index is 11.8. The van der Waals surface area contributed by atoms with Gasteiger partial charge in [-0.1, -0.05) is 13.2 Å². The van der Waals surface area contributed by atoms with Crippen LogP contribution in [0.1, 0.15) is 31.6 Å². The van der Waals surface area contributed by atoms with E-state index in [-0.39, 0.29) is 12.1 Å². The fourth-order valence-corrected chi connectivity index (χ4v) is 2.93. The molecule has 1 unspecified atom stereocenters. The Hall–Kier alpha value is -1.73. The lowest BCUT2D eigenvalue weighted by atomic mass is 10.1. The molecule has 1 aromatic rings. The molecule has 1 atom stereocenters. The lowest BCUT2D eigenvalue weighted by Gasteiger charge is -2.23. The summed E-state index contributed by atoms with van der Waals surface area (Å²) in [6.45, 7) is 10.7. The molecule has 118 valence electrons. The van der Waals surface area contributed by atoms with Gasteiger partial charge in [-0.3, -0.25) is 9.40 Å². The Labute approximate surface area is 134 Å². The molecule has 6 nitrogen and oxygen atoms in total. The van der Waals surface area contributed by atoms with Crippen LogP contribution in [0.3, 0.4) is 0 Å². The molecule has 0 spiro atoms. The van der Waals surface area contributed by atoms with Gasteiger partial charge < -0.3 is 10.1 Å². The van der Waals surface area contributed by atoms with Gasteiger partial charge in [-0.05, 0) is 37.3 Å². The predicted octanol–water partition coefficient (Wildman–Crippen LogP) is 2.76. The Kier molecular flexibility index (Phi) is 4.26. The normalized spacial score (nSPS) is 20.1. The van der Waals surface area contributed by atoms with Crippen molar-refractivity contribution < 1.29 is 9.53 Å². The summed E-state index contributed by atoms with van der Waals surface area (Å²) in [5.74, 6) is 0.628. The maximum Gasteiger partial charge on any atom is 0.329 e. The minimum atomic E-state index is -0.334. The summed E-state index contributed by atoms with van der Waals surface area (Å²) in [7, 11) is 0. The van der Waals surface area contributed by atoms with Crippen molar-refractivity contribution in [1.29, 1.82) is 0 Å². The summed E-state index contributed by atoms with van der Waals surface area (Å²) in [6, 6.07) is 1.67. The molecule has 2 heterocycles. The number of amides is 2.